The zero-order valence-corrected chi connectivity index (χ0v) is 24.8. The molecule has 0 radical (unpaired) electrons. The van der Waals surface area contributed by atoms with E-state index in [-0.39, 0.29) is 33.8 Å². The Balaban J connectivity index is 1.05. The highest BCUT2D eigenvalue weighted by molar-refractivity contribution is 6.33. The maximum absolute atomic E-state index is 14.3. The van der Waals surface area contributed by atoms with Gasteiger partial charge in [0, 0.05) is 30.2 Å². The number of halogens is 4. The van der Waals surface area contributed by atoms with E-state index < -0.39 is 11.7 Å². The van der Waals surface area contributed by atoms with Gasteiger partial charge in [-0.2, -0.15) is 0 Å². The van der Waals surface area contributed by atoms with Crippen LogP contribution in [-0.2, 0) is 13.0 Å². The molecule has 1 aliphatic carbocycles. The van der Waals surface area contributed by atoms with E-state index in [4.69, 9.17) is 23.2 Å². The van der Waals surface area contributed by atoms with Crippen molar-refractivity contribution in [3.63, 3.8) is 0 Å². The minimum absolute atomic E-state index is 0.00478. The van der Waals surface area contributed by atoms with E-state index in [1.165, 1.54) is 30.3 Å². The zero-order valence-electron chi connectivity index (χ0n) is 23.3. The van der Waals surface area contributed by atoms with E-state index >= 15 is 0 Å². The van der Waals surface area contributed by atoms with Crippen molar-refractivity contribution in [2.45, 2.75) is 51.1 Å². The molecule has 0 aromatic heterocycles. The topological polar surface area (TPSA) is 52.7 Å². The number of piperidine rings is 2. The van der Waals surface area contributed by atoms with Crippen molar-refractivity contribution in [2.75, 3.05) is 26.2 Å². The highest BCUT2D eigenvalue weighted by Crippen LogP contribution is 2.42. The van der Waals surface area contributed by atoms with Gasteiger partial charge in [-0.05, 0) is 110 Å². The molecule has 1 unspecified atom stereocenters. The molecule has 2 aliphatic heterocycles. The molecule has 3 aliphatic rings. The van der Waals surface area contributed by atoms with Crippen molar-refractivity contribution in [1.82, 2.24) is 15.1 Å². The SMILES string of the molecule is O=C(NC1CCc2ccc(C(=O)N3CCC4(CCN(Cc5ccc(F)cc5Cl)CC4)CC3)cc21)c1c(F)cccc1Cl. The van der Waals surface area contributed by atoms with Gasteiger partial charge in [-0.3, -0.25) is 14.5 Å². The Morgan fingerprint density at radius 2 is 1.64 bits per heavy atom. The normalized spacial score (nSPS) is 20.0. The molecule has 0 bridgehead atoms. The molecule has 0 saturated carbocycles. The highest BCUT2D eigenvalue weighted by Gasteiger charge is 2.39. The fourth-order valence-corrected chi connectivity index (χ4v) is 7.25. The number of carbonyl (C=O) groups excluding carboxylic acids is 2. The number of hydrogen-bond donors (Lipinski definition) is 1. The number of likely N-dealkylation sites (tertiary alicyclic amines) is 2. The number of nitrogens with zero attached hydrogens (tertiary/aromatic N) is 2. The first-order chi connectivity index (χ1) is 20.2. The van der Waals surface area contributed by atoms with E-state index in [0.717, 1.165) is 61.9 Å². The quantitative estimate of drug-likeness (QED) is 0.332. The number of rotatable bonds is 5. The van der Waals surface area contributed by atoms with Crippen LogP contribution in [0.2, 0.25) is 10.0 Å². The molecule has 2 saturated heterocycles. The van der Waals surface area contributed by atoms with Crippen LogP contribution in [0.5, 0.6) is 0 Å². The molecule has 1 atom stereocenters. The second-order valence-corrected chi connectivity index (χ2v) is 12.7. The fourth-order valence-electron chi connectivity index (χ4n) is 6.77. The molecule has 1 N–H and O–H groups in total. The van der Waals surface area contributed by atoms with Crippen LogP contribution in [0.4, 0.5) is 8.78 Å². The first kappa shape index (κ1) is 29.1. The molecular formula is C33H33Cl2F2N3O2. The Labute approximate surface area is 254 Å². The molecule has 6 rings (SSSR count). The highest BCUT2D eigenvalue weighted by atomic mass is 35.5. The fraction of sp³-hybridized carbons (Fsp3) is 0.394. The summed E-state index contributed by atoms with van der Waals surface area (Å²) in [7, 11) is 0. The third kappa shape index (κ3) is 5.92. The molecule has 42 heavy (non-hydrogen) atoms. The summed E-state index contributed by atoms with van der Waals surface area (Å²) in [4.78, 5) is 30.7. The molecule has 2 amide bonds. The number of fused-ring (bicyclic) bond motifs is 1. The predicted octanol–water partition coefficient (Wildman–Crippen LogP) is 7.21. The van der Waals surface area contributed by atoms with Gasteiger partial charge in [-0.25, -0.2) is 8.78 Å². The average Bonchev–Trinajstić information content (AvgIpc) is 3.37. The third-order valence-electron chi connectivity index (χ3n) is 9.40. The second kappa shape index (κ2) is 11.9. The Morgan fingerprint density at radius 3 is 2.36 bits per heavy atom. The minimum atomic E-state index is -0.659. The molecule has 1 spiro atoms. The number of amides is 2. The lowest BCUT2D eigenvalue weighted by atomic mass is 9.71. The van der Waals surface area contributed by atoms with Crippen molar-refractivity contribution in [2.24, 2.45) is 5.41 Å². The van der Waals surface area contributed by atoms with Crippen LogP contribution in [0.25, 0.3) is 0 Å². The van der Waals surface area contributed by atoms with Crippen LogP contribution in [-0.4, -0.2) is 47.8 Å². The van der Waals surface area contributed by atoms with Gasteiger partial charge < -0.3 is 10.2 Å². The van der Waals surface area contributed by atoms with Gasteiger partial charge in [0.1, 0.15) is 11.6 Å². The summed E-state index contributed by atoms with van der Waals surface area (Å²) in [5, 5.41) is 3.46. The monoisotopic (exact) mass is 611 g/mol. The van der Waals surface area contributed by atoms with Gasteiger partial charge in [-0.1, -0.05) is 41.4 Å². The number of hydrogen-bond acceptors (Lipinski definition) is 3. The molecule has 3 aromatic carbocycles. The van der Waals surface area contributed by atoms with E-state index in [9.17, 15) is 18.4 Å². The second-order valence-electron chi connectivity index (χ2n) is 11.9. The maximum atomic E-state index is 14.3. The average molecular weight is 613 g/mol. The summed E-state index contributed by atoms with van der Waals surface area (Å²) in [6.45, 7) is 4.06. The molecule has 3 aromatic rings. The summed E-state index contributed by atoms with van der Waals surface area (Å²) in [5.74, 6) is -1.53. The smallest absolute Gasteiger partial charge is 0.256 e. The standard InChI is InChI=1S/C33H33Cl2F2N3O2/c34-26-2-1-3-28(37)30(26)31(41)38-29-9-7-21-4-5-22(18-25(21)29)32(42)40-16-12-33(13-17-40)10-14-39(15-11-33)20-23-6-8-24(36)19-27(23)35/h1-6,8,18-19,29H,7,9-17,20H2,(H,38,41). The predicted molar refractivity (Wildman–Crippen MR) is 160 cm³/mol. The van der Waals surface area contributed by atoms with Crippen molar-refractivity contribution in [3.8, 4) is 0 Å². The van der Waals surface area contributed by atoms with Gasteiger partial charge >= 0.3 is 0 Å². The first-order valence-corrected chi connectivity index (χ1v) is 15.3. The summed E-state index contributed by atoms with van der Waals surface area (Å²) in [6, 6.07) is 14.2. The zero-order chi connectivity index (χ0) is 29.4. The van der Waals surface area contributed by atoms with Crippen molar-refractivity contribution < 1.29 is 18.4 Å². The molecule has 2 heterocycles. The van der Waals surface area contributed by atoms with Gasteiger partial charge in [0.05, 0.1) is 16.6 Å². The Morgan fingerprint density at radius 1 is 0.905 bits per heavy atom. The molecule has 9 heteroatoms. The van der Waals surface area contributed by atoms with Crippen LogP contribution in [0.1, 0.15) is 75.6 Å². The summed E-state index contributed by atoms with van der Waals surface area (Å²) < 4.78 is 27.7. The van der Waals surface area contributed by atoms with E-state index in [1.807, 2.05) is 23.1 Å². The van der Waals surface area contributed by atoms with Crippen molar-refractivity contribution in [3.05, 3.63) is 104 Å². The maximum Gasteiger partial charge on any atom is 0.256 e. The van der Waals surface area contributed by atoms with Gasteiger partial charge in [0.25, 0.3) is 11.8 Å². The Kier molecular flexibility index (Phi) is 8.27. The number of aryl methyl sites for hydroxylation is 1. The first-order valence-electron chi connectivity index (χ1n) is 14.5. The number of nitrogens with one attached hydrogen (secondary N) is 1. The van der Waals surface area contributed by atoms with Crippen LogP contribution in [0.3, 0.4) is 0 Å². The van der Waals surface area contributed by atoms with E-state index in [1.54, 1.807) is 6.07 Å². The third-order valence-corrected chi connectivity index (χ3v) is 10.1. The van der Waals surface area contributed by atoms with Crippen molar-refractivity contribution >= 4 is 35.0 Å². The number of carbonyl (C=O) groups is 2. The lowest BCUT2D eigenvalue weighted by Crippen LogP contribution is -2.48. The molecule has 2 fully saturated rings. The summed E-state index contributed by atoms with van der Waals surface area (Å²) >= 11 is 12.3. The Bertz CT molecular complexity index is 1490. The van der Waals surface area contributed by atoms with Gasteiger partial charge in [0.15, 0.2) is 0 Å². The van der Waals surface area contributed by atoms with Crippen LogP contribution < -0.4 is 5.32 Å². The van der Waals surface area contributed by atoms with Gasteiger partial charge in [0.2, 0.25) is 0 Å². The molecule has 5 nitrogen and oxygen atoms in total. The molecular weight excluding hydrogens is 579 g/mol. The largest absolute Gasteiger partial charge is 0.345 e. The van der Waals surface area contributed by atoms with E-state index in [0.29, 0.717) is 36.6 Å². The lowest BCUT2D eigenvalue weighted by Gasteiger charge is -2.47. The van der Waals surface area contributed by atoms with Gasteiger partial charge in [-0.15, -0.1) is 0 Å². The van der Waals surface area contributed by atoms with Crippen LogP contribution >= 0.6 is 23.2 Å². The van der Waals surface area contributed by atoms with Crippen LogP contribution in [0, 0.1) is 17.0 Å². The minimum Gasteiger partial charge on any atom is -0.345 e. The summed E-state index contributed by atoms with van der Waals surface area (Å²) in [5.41, 5.74) is 3.63. The molecule has 220 valence electrons. The van der Waals surface area contributed by atoms with E-state index in [2.05, 4.69) is 10.2 Å². The van der Waals surface area contributed by atoms with Crippen molar-refractivity contribution in [1.29, 1.82) is 0 Å². The Hall–Kier alpha value is -3.00. The lowest BCUT2D eigenvalue weighted by molar-refractivity contribution is 0.0285. The number of benzene rings is 3. The van der Waals surface area contributed by atoms with Crippen LogP contribution in [0.15, 0.2) is 54.6 Å². The summed E-state index contributed by atoms with van der Waals surface area (Å²) in [6.07, 6.45) is 5.53.